The van der Waals surface area contributed by atoms with E-state index in [1.165, 1.54) is 7.11 Å². The molecule has 3 amide bonds. The highest BCUT2D eigenvalue weighted by Gasteiger charge is 2.45. The highest BCUT2D eigenvalue weighted by molar-refractivity contribution is 6.30. The van der Waals surface area contributed by atoms with Crippen LogP contribution in [-0.4, -0.2) is 97.1 Å². The summed E-state index contributed by atoms with van der Waals surface area (Å²) in [7, 11) is 3.14. The van der Waals surface area contributed by atoms with Gasteiger partial charge in [-0.2, -0.15) is 0 Å². The number of esters is 2. The molecule has 12 heteroatoms. The molecule has 4 atom stereocenters. The molecule has 1 aliphatic carbocycles. The first kappa shape index (κ1) is 44.4. The minimum absolute atomic E-state index is 0.0434. The van der Waals surface area contributed by atoms with E-state index < -0.39 is 52.8 Å². The van der Waals surface area contributed by atoms with Crippen LogP contribution < -0.4 is 5.32 Å². The number of methoxy groups -OCH3 is 1. The van der Waals surface area contributed by atoms with Crippen molar-refractivity contribution in [2.75, 3.05) is 40.5 Å². The maximum Gasteiger partial charge on any atom is 0.307 e. The third-order valence-electron chi connectivity index (χ3n) is 11.3. The largest absolute Gasteiger partial charge is 0.465 e. The summed E-state index contributed by atoms with van der Waals surface area (Å²) in [5.41, 5.74) is 3.81. The molecule has 1 fully saturated rings. The molecule has 0 aromatic heterocycles. The van der Waals surface area contributed by atoms with Gasteiger partial charge in [-0.1, -0.05) is 86.1 Å². The van der Waals surface area contributed by atoms with Crippen LogP contribution in [0.25, 0.3) is 11.1 Å². The van der Waals surface area contributed by atoms with Gasteiger partial charge in [0.2, 0.25) is 17.7 Å². The number of piperidine rings is 1. The fourth-order valence-corrected chi connectivity index (χ4v) is 8.33. The summed E-state index contributed by atoms with van der Waals surface area (Å²) >= 11 is 6.23. The predicted octanol–water partition coefficient (Wildman–Crippen LogP) is 6.97. The van der Waals surface area contributed by atoms with Crippen LogP contribution in [0.5, 0.6) is 0 Å². The SMILES string of the molecule is CC[C@H](CC(=O)OC(C)(C)C)C(=O)N1CCC[C@](Cc2ccc(Cl)cc2)(N(C)C(=O)[C@H](COC)NC(=O)[C@H](C)CC(=O)OCC2c3ccccc3-c3ccccc32)C1. The van der Waals surface area contributed by atoms with Crippen molar-refractivity contribution < 1.29 is 38.2 Å². The molecule has 1 heterocycles. The Morgan fingerprint density at radius 1 is 0.931 bits per heavy atom. The van der Waals surface area contributed by atoms with E-state index in [1.807, 2.05) is 55.5 Å². The van der Waals surface area contributed by atoms with Gasteiger partial charge in [-0.25, -0.2) is 0 Å². The van der Waals surface area contributed by atoms with Crippen LogP contribution >= 0.6 is 11.6 Å². The fraction of sp³-hybridized carbons (Fsp3) is 0.500. The molecule has 0 bridgehead atoms. The number of hydrogen-bond donors (Lipinski definition) is 1. The third kappa shape index (κ3) is 10.8. The smallest absolute Gasteiger partial charge is 0.307 e. The monoisotopic (exact) mass is 815 g/mol. The van der Waals surface area contributed by atoms with Crippen molar-refractivity contribution in [3.8, 4) is 11.1 Å². The molecule has 0 spiro atoms. The summed E-state index contributed by atoms with van der Waals surface area (Å²) in [6, 6.07) is 22.5. The second kappa shape index (κ2) is 19.3. The highest BCUT2D eigenvalue weighted by Crippen LogP contribution is 2.44. The first-order valence-corrected chi connectivity index (χ1v) is 20.6. The number of ether oxygens (including phenoxy) is 3. The Morgan fingerprint density at radius 2 is 1.55 bits per heavy atom. The van der Waals surface area contributed by atoms with Gasteiger partial charge in [-0.05, 0) is 86.4 Å². The summed E-state index contributed by atoms with van der Waals surface area (Å²) < 4.78 is 16.7. The van der Waals surface area contributed by atoms with Crippen molar-refractivity contribution in [1.82, 2.24) is 15.1 Å². The van der Waals surface area contributed by atoms with Crippen LogP contribution in [0.3, 0.4) is 0 Å². The Hall–Kier alpha value is -4.74. The number of hydrogen-bond acceptors (Lipinski definition) is 8. The molecule has 3 aromatic rings. The number of nitrogens with zero attached hydrogens (tertiary/aromatic N) is 2. The van der Waals surface area contributed by atoms with Gasteiger partial charge in [0.05, 0.1) is 25.0 Å². The molecule has 1 aliphatic heterocycles. The van der Waals surface area contributed by atoms with Crippen LogP contribution in [-0.2, 0) is 44.6 Å². The van der Waals surface area contributed by atoms with Gasteiger partial charge in [0.15, 0.2) is 0 Å². The highest BCUT2D eigenvalue weighted by atomic mass is 35.5. The Morgan fingerprint density at radius 3 is 2.14 bits per heavy atom. The van der Waals surface area contributed by atoms with E-state index in [2.05, 4.69) is 17.4 Å². The minimum Gasteiger partial charge on any atom is -0.465 e. The van der Waals surface area contributed by atoms with E-state index in [1.54, 1.807) is 56.7 Å². The summed E-state index contributed by atoms with van der Waals surface area (Å²) in [6.07, 6.45) is 1.83. The number of amides is 3. The molecular weight excluding hydrogens is 758 g/mol. The number of likely N-dealkylation sites (N-methyl/N-ethyl adjacent to an activating group) is 1. The van der Waals surface area contributed by atoms with Gasteiger partial charge < -0.3 is 29.3 Å². The Kier molecular flexibility index (Phi) is 14.8. The Labute approximate surface area is 347 Å². The molecule has 5 rings (SSSR count). The standard InChI is InChI=1S/C46H58ClN3O8/c1-8-32(25-41(52)58-45(3,4)5)43(54)50-23-13-22-46(29-50,26-31-18-20-33(47)21-19-31)49(6)44(55)39(28-56-7)48-42(53)30(2)24-40(51)57-27-38-36-16-11-9-14-34(36)35-15-10-12-17-37(35)38/h9-12,14-21,30,32,38-39H,8,13,22-29H2,1-7H3,(H,48,53)/t30-,32-,39+,46-/m1/s1. The second-order valence-electron chi connectivity index (χ2n) is 16.7. The zero-order valence-electron chi connectivity index (χ0n) is 34.8. The molecule has 3 aromatic carbocycles. The normalized spacial score (nSPS) is 18.0. The molecule has 0 saturated carbocycles. The van der Waals surface area contributed by atoms with Crippen LogP contribution in [0.1, 0.15) is 89.3 Å². The lowest BCUT2D eigenvalue weighted by atomic mass is 9.80. The number of carbonyl (C=O) groups is 5. The lowest BCUT2D eigenvalue weighted by Gasteiger charge is -2.49. The van der Waals surface area contributed by atoms with Crippen molar-refractivity contribution in [2.45, 2.75) is 96.2 Å². The van der Waals surface area contributed by atoms with Crippen LogP contribution in [0, 0.1) is 11.8 Å². The maximum atomic E-state index is 14.5. The molecule has 1 N–H and O–H groups in total. The number of fused-ring (bicyclic) bond motifs is 3. The average molecular weight is 816 g/mol. The van der Waals surface area contributed by atoms with Crippen molar-refractivity contribution in [2.24, 2.45) is 11.8 Å². The van der Waals surface area contributed by atoms with E-state index in [-0.39, 0.29) is 44.4 Å². The number of benzene rings is 3. The molecule has 0 radical (unpaired) electrons. The van der Waals surface area contributed by atoms with E-state index in [9.17, 15) is 24.0 Å². The van der Waals surface area contributed by atoms with Gasteiger partial charge in [-0.15, -0.1) is 0 Å². The lowest BCUT2D eigenvalue weighted by molar-refractivity contribution is -0.159. The Balaban J connectivity index is 1.27. The molecule has 2 aliphatic rings. The first-order chi connectivity index (χ1) is 27.6. The van der Waals surface area contributed by atoms with Crippen molar-refractivity contribution in [3.63, 3.8) is 0 Å². The van der Waals surface area contributed by atoms with Gasteiger partial charge >= 0.3 is 11.9 Å². The molecule has 11 nitrogen and oxygen atoms in total. The van der Waals surface area contributed by atoms with Crippen molar-refractivity contribution in [1.29, 1.82) is 0 Å². The zero-order valence-corrected chi connectivity index (χ0v) is 35.6. The van der Waals surface area contributed by atoms with Crippen molar-refractivity contribution >= 4 is 41.3 Å². The molecule has 1 saturated heterocycles. The second-order valence-corrected chi connectivity index (χ2v) is 17.2. The Bertz CT molecular complexity index is 1900. The average Bonchev–Trinajstić information content (AvgIpc) is 3.51. The predicted molar refractivity (Wildman–Crippen MR) is 223 cm³/mol. The maximum absolute atomic E-state index is 14.5. The molecular formula is C46H58ClN3O8. The van der Waals surface area contributed by atoms with Crippen molar-refractivity contribution in [3.05, 3.63) is 94.5 Å². The van der Waals surface area contributed by atoms with Gasteiger partial charge in [0.1, 0.15) is 18.2 Å². The number of likely N-dealkylation sites (tertiary alicyclic amines) is 1. The van der Waals surface area contributed by atoms with Gasteiger partial charge in [-0.3, -0.25) is 24.0 Å². The summed E-state index contributed by atoms with van der Waals surface area (Å²) in [5.74, 6) is -3.49. The van der Waals surface area contributed by atoms with E-state index in [0.717, 1.165) is 27.8 Å². The van der Waals surface area contributed by atoms with E-state index in [0.29, 0.717) is 37.3 Å². The quantitative estimate of drug-likeness (QED) is 0.154. The molecule has 312 valence electrons. The third-order valence-corrected chi connectivity index (χ3v) is 11.5. The minimum atomic E-state index is -1.07. The topological polar surface area (TPSA) is 132 Å². The van der Waals surface area contributed by atoms with Crippen LogP contribution in [0.2, 0.25) is 5.02 Å². The lowest BCUT2D eigenvalue weighted by Crippen LogP contribution is -2.65. The first-order valence-electron chi connectivity index (χ1n) is 20.2. The number of rotatable bonds is 16. The summed E-state index contributed by atoms with van der Waals surface area (Å²) in [4.78, 5) is 71.5. The van der Waals surface area contributed by atoms with E-state index in [4.69, 9.17) is 25.8 Å². The van der Waals surface area contributed by atoms with E-state index >= 15 is 0 Å². The number of nitrogens with one attached hydrogen (secondary N) is 1. The number of halogens is 1. The van der Waals surface area contributed by atoms with Crippen LogP contribution in [0.4, 0.5) is 0 Å². The zero-order chi connectivity index (χ0) is 42.2. The number of carbonyl (C=O) groups excluding carboxylic acids is 5. The van der Waals surface area contributed by atoms with Crippen LogP contribution in [0.15, 0.2) is 72.8 Å². The van der Waals surface area contributed by atoms with Gasteiger partial charge in [0.25, 0.3) is 0 Å². The summed E-state index contributed by atoms with van der Waals surface area (Å²) in [6.45, 7) is 9.60. The van der Waals surface area contributed by atoms with Gasteiger partial charge in [0, 0.05) is 50.0 Å². The summed E-state index contributed by atoms with van der Waals surface area (Å²) in [5, 5.41) is 3.42. The molecule has 0 unspecified atom stereocenters. The molecule has 58 heavy (non-hydrogen) atoms. The fourth-order valence-electron chi connectivity index (χ4n) is 8.21.